The first kappa shape index (κ1) is 26.2. The Balaban J connectivity index is 1.20. The maximum Gasteiger partial charge on any atom is 0.304 e. The van der Waals surface area contributed by atoms with Crippen molar-refractivity contribution in [3.63, 3.8) is 0 Å². The number of aryl methyl sites for hydroxylation is 1. The normalized spacial score (nSPS) is 17.9. The second-order valence-corrected chi connectivity index (χ2v) is 10.6. The molecule has 11 heteroatoms. The number of unbranched alkanes of at least 4 members (excludes halogenated alkanes) is 2. The molecule has 1 fully saturated rings. The molecule has 196 valence electrons. The van der Waals surface area contributed by atoms with Gasteiger partial charge in [-0.3, -0.25) is 4.31 Å². The van der Waals surface area contributed by atoms with Crippen LogP contribution >= 0.6 is 0 Å². The van der Waals surface area contributed by atoms with Crippen molar-refractivity contribution in [2.75, 3.05) is 55.6 Å². The summed E-state index contributed by atoms with van der Waals surface area (Å²) >= 11 is 0. The Morgan fingerprint density at radius 2 is 2.03 bits per heavy atom. The number of anilines is 2. The monoisotopic (exact) mass is 517 g/mol. The first-order chi connectivity index (χ1) is 17.5. The van der Waals surface area contributed by atoms with Gasteiger partial charge in [-0.25, -0.2) is 4.98 Å². The van der Waals surface area contributed by atoms with Gasteiger partial charge in [0.15, 0.2) is 0 Å². The van der Waals surface area contributed by atoms with Crippen molar-refractivity contribution in [3.05, 3.63) is 47.7 Å². The van der Waals surface area contributed by atoms with Crippen molar-refractivity contribution < 1.29 is 23.1 Å². The van der Waals surface area contributed by atoms with E-state index in [1.165, 1.54) is 14.2 Å². The zero-order chi connectivity index (χ0) is 25.4. The number of oxime groups is 1. The Kier molecular flexibility index (Phi) is 9.00. The highest BCUT2D eigenvalue weighted by Gasteiger charge is 2.36. The Labute approximate surface area is 213 Å². The quantitative estimate of drug-likeness (QED) is 0.310. The molecule has 0 spiro atoms. The largest absolute Gasteiger partial charge is 0.494 e. The maximum atomic E-state index is 13.0. The van der Waals surface area contributed by atoms with Gasteiger partial charge in [-0.1, -0.05) is 5.16 Å². The Morgan fingerprint density at radius 1 is 1.14 bits per heavy atom. The van der Waals surface area contributed by atoms with E-state index < -0.39 is 10.2 Å². The molecular formula is C25H35N5O5S. The van der Waals surface area contributed by atoms with Gasteiger partial charge >= 0.3 is 10.2 Å². The van der Waals surface area contributed by atoms with Gasteiger partial charge in [0, 0.05) is 44.0 Å². The summed E-state index contributed by atoms with van der Waals surface area (Å²) in [6, 6.07) is 9.49. The number of rotatable bonds is 13. The smallest absolute Gasteiger partial charge is 0.304 e. The molecule has 0 saturated carbocycles. The third-order valence-corrected chi connectivity index (χ3v) is 8.22. The van der Waals surface area contributed by atoms with Crippen LogP contribution in [0.1, 0.15) is 43.7 Å². The molecule has 0 bridgehead atoms. The molecule has 1 aromatic carbocycles. The molecule has 1 aliphatic carbocycles. The van der Waals surface area contributed by atoms with Crippen LogP contribution < -0.4 is 14.4 Å². The molecule has 2 heterocycles. The molecule has 0 amide bonds. The highest BCUT2D eigenvalue weighted by Crippen LogP contribution is 2.28. The lowest BCUT2D eigenvalue weighted by Crippen LogP contribution is -2.33. The molecule has 10 nitrogen and oxygen atoms in total. The van der Waals surface area contributed by atoms with Crippen molar-refractivity contribution in [2.24, 2.45) is 5.16 Å². The van der Waals surface area contributed by atoms with E-state index in [2.05, 4.69) is 21.5 Å². The topological polar surface area (TPSA) is 117 Å². The average Bonchev–Trinajstić information content (AvgIpc) is 3.42. The zero-order valence-corrected chi connectivity index (χ0v) is 21.5. The predicted octanol–water partition coefficient (Wildman–Crippen LogP) is 2.79. The number of nitrogens with zero attached hydrogens (tertiary/aromatic N) is 4. The van der Waals surface area contributed by atoms with Gasteiger partial charge in [0.1, 0.15) is 18.2 Å². The second-order valence-electron chi connectivity index (χ2n) is 8.71. The van der Waals surface area contributed by atoms with E-state index in [0.29, 0.717) is 50.9 Å². The van der Waals surface area contributed by atoms with Crippen LogP contribution in [0.25, 0.3) is 0 Å². The van der Waals surface area contributed by atoms with E-state index in [4.69, 9.17) is 14.7 Å². The van der Waals surface area contributed by atoms with Crippen molar-refractivity contribution >= 4 is 27.4 Å². The van der Waals surface area contributed by atoms with Crippen LogP contribution in [0.5, 0.6) is 5.75 Å². The molecule has 1 aromatic heterocycles. The summed E-state index contributed by atoms with van der Waals surface area (Å²) in [5.74, 6) is 1.40. The molecule has 0 radical (unpaired) electrons. The van der Waals surface area contributed by atoms with Crippen molar-refractivity contribution in [2.45, 2.75) is 39.0 Å². The fourth-order valence-corrected chi connectivity index (χ4v) is 6.09. The summed E-state index contributed by atoms with van der Waals surface area (Å²) in [4.78, 5) is 9.37. The minimum Gasteiger partial charge on any atom is -0.494 e. The Morgan fingerprint density at radius 3 is 2.86 bits per heavy atom. The number of ether oxygens (including phenoxy) is 1. The maximum absolute atomic E-state index is 13.0. The lowest BCUT2D eigenvalue weighted by molar-refractivity contribution is 0.158. The third-order valence-electron chi connectivity index (χ3n) is 6.25. The molecule has 0 unspecified atom stereocenters. The van der Waals surface area contributed by atoms with E-state index >= 15 is 0 Å². The summed E-state index contributed by atoms with van der Waals surface area (Å²) < 4.78 is 34.9. The highest BCUT2D eigenvalue weighted by molar-refractivity contribution is 7.90. The van der Waals surface area contributed by atoms with Gasteiger partial charge in [0.2, 0.25) is 0 Å². The molecule has 2 aromatic rings. The molecule has 1 aliphatic heterocycles. The predicted molar refractivity (Wildman–Crippen MR) is 140 cm³/mol. The van der Waals surface area contributed by atoms with Crippen molar-refractivity contribution in [1.82, 2.24) is 9.29 Å². The fraction of sp³-hybridized carbons (Fsp3) is 0.520. The molecule has 4 rings (SSSR count). The standard InChI is InChI=1S/C25H35N5O5S/c1-2-35-28-24-9-6-20-18-22(7-8-23(20)24)34-17-5-3-4-13-29-14-15-30(36(29,32)33)21-10-11-26-25(19-21)27-12-16-31/h7-8,10-11,18-19,31H,2-6,9,12-17H2,1H3,(H,26,27). The number of fused-ring (bicyclic) bond motifs is 1. The van der Waals surface area contributed by atoms with Crippen LogP contribution in [0.3, 0.4) is 0 Å². The Hall–Kier alpha value is -2.89. The number of pyridine rings is 1. The molecule has 2 N–H and O–H groups in total. The molecule has 2 aliphatic rings. The minimum absolute atomic E-state index is 0.0227. The first-order valence-electron chi connectivity index (χ1n) is 12.6. The lowest BCUT2D eigenvalue weighted by Gasteiger charge is -2.20. The molecule has 1 saturated heterocycles. The van der Waals surface area contributed by atoms with Gasteiger partial charge in [-0.05, 0) is 68.9 Å². The van der Waals surface area contributed by atoms with E-state index in [-0.39, 0.29) is 6.61 Å². The van der Waals surface area contributed by atoms with Gasteiger partial charge in [-0.2, -0.15) is 12.7 Å². The SMILES string of the molecule is CCON=C1CCc2cc(OCCCCCN3CCN(c4ccnc(NCCO)c4)S3(=O)=O)ccc21. The molecular weight excluding hydrogens is 482 g/mol. The number of hydrogen-bond acceptors (Lipinski definition) is 8. The summed E-state index contributed by atoms with van der Waals surface area (Å²) in [6.07, 6.45) is 5.92. The summed E-state index contributed by atoms with van der Waals surface area (Å²) in [5.41, 5.74) is 3.95. The third kappa shape index (κ3) is 6.26. The number of aromatic nitrogens is 1. The molecule has 36 heavy (non-hydrogen) atoms. The van der Waals surface area contributed by atoms with Crippen molar-refractivity contribution in [1.29, 1.82) is 0 Å². The van der Waals surface area contributed by atoms with Crippen LogP contribution in [0, 0.1) is 0 Å². The van der Waals surface area contributed by atoms with Gasteiger partial charge in [-0.15, -0.1) is 0 Å². The average molecular weight is 518 g/mol. The number of aliphatic hydroxyl groups excluding tert-OH is 1. The van der Waals surface area contributed by atoms with E-state index in [1.54, 1.807) is 18.3 Å². The fourth-order valence-electron chi connectivity index (χ4n) is 4.45. The lowest BCUT2D eigenvalue weighted by atomic mass is 10.1. The van der Waals surface area contributed by atoms with Crippen molar-refractivity contribution in [3.8, 4) is 5.75 Å². The van der Waals surface area contributed by atoms with Crippen LogP contribution in [-0.4, -0.2) is 74.5 Å². The van der Waals surface area contributed by atoms with E-state index in [9.17, 15) is 8.42 Å². The summed E-state index contributed by atoms with van der Waals surface area (Å²) in [6.45, 7) is 4.78. The van der Waals surface area contributed by atoms with E-state index in [1.807, 2.05) is 19.1 Å². The van der Waals surface area contributed by atoms with Gasteiger partial charge in [0.05, 0.1) is 24.6 Å². The highest BCUT2D eigenvalue weighted by atomic mass is 32.2. The van der Waals surface area contributed by atoms with Crippen LogP contribution in [0.2, 0.25) is 0 Å². The number of aliphatic hydroxyl groups is 1. The zero-order valence-electron chi connectivity index (χ0n) is 20.7. The van der Waals surface area contributed by atoms with Crippen LogP contribution in [-0.2, 0) is 21.5 Å². The summed E-state index contributed by atoms with van der Waals surface area (Å²) in [7, 11) is -3.56. The first-order valence-corrected chi connectivity index (χ1v) is 14.0. The summed E-state index contributed by atoms with van der Waals surface area (Å²) in [5, 5.41) is 16.1. The van der Waals surface area contributed by atoms with Crippen LogP contribution in [0.4, 0.5) is 11.5 Å². The Bertz CT molecular complexity index is 1160. The number of hydrogen-bond donors (Lipinski definition) is 2. The van der Waals surface area contributed by atoms with Gasteiger partial charge in [0.25, 0.3) is 0 Å². The van der Waals surface area contributed by atoms with Crippen LogP contribution in [0.15, 0.2) is 41.7 Å². The minimum atomic E-state index is -3.56. The number of benzene rings is 1. The molecule has 0 atom stereocenters. The van der Waals surface area contributed by atoms with E-state index in [0.717, 1.165) is 49.1 Å². The van der Waals surface area contributed by atoms with Gasteiger partial charge < -0.3 is 20.0 Å². The number of nitrogens with one attached hydrogen (secondary N) is 1. The second kappa shape index (κ2) is 12.4.